The molecule has 0 N–H and O–H groups in total. The van der Waals surface area contributed by atoms with E-state index in [0.29, 0.717) is 5.41 Å². The highest BCUT2D eigenvalue weighted by atomic mass is 16.1. The molecule has 0 atom stereocenters. The van der Waals surface area contributed by atoms with E-state index in [1.165, 1.54) is 50.5 Å². The third-order valence-electron chi connectivity index (χ3n) is 5.42. The highest BCUT2D eigenvalue weighted by Gasteiger charge is 2.43. The van der Waals surface area contributed by atoms with Gasteiger partial charge in [0.1, 0.15) is 6.29 Å². The second-order valence-electron chi connectivity index (χ2n) is 6.40. The van der Waals surface area contributed by atoms with E-state index < -0.39 is 0 Å². The molecule has 106 valence electrons. The van der Waals surface area contributed by atoms with Crippen molar-refractivity contribution < 1.29 is 4.79 Å². The van der Waals surface area contributed by atoms with E-state index in [-0.39, 0.29) is 0 Å². The summed E-state index contributed by atoms with van der Waals surface area (Å²) in [5.41, 5.74) is 2.86. The van der Waals surface area contributed by atoms with Crippen molar-refractivity contribution >= 4 is 6.29 Å². The smallest absolute Gasteiger partial charge is 0.146 e. The highest BCUT2D eigenvalue weighted by Crippen LogP contribution is 2.55. The standard InChI is InChI=1S/C18H28O/c1-3-8-16(15(4-2)14-19)13-18(11-5-6-12-18)17-9-7-10-17/h3,8,14,17H,4-7,9-13H2,1-2H3/b8-3-,16-15-. The van der Waals surface area contributed by atoms with Crippen molar-refractivity contribution in [2.75, 3.05) is 0 Å². The van der Waals surface area contributed by atoms with Crippen molar-refractivity contribution in [3.63, 3.8) is 0 Å². The first-order valence-corrected chi connectivity index (χ1v) is 8.05. The Kier molecular flexibility index (Phi) is 5.01. The van der Waals surface area contributed by atoms with Crippen LogP contribution >= 0.6 is 0 Å². The summed E-state index contributed by atoms with van der Waals surface area (Å²) in [6.45, 7) is 4.15. The average molecular weight is 260 g/mol. The number of carbonyl (C=O) groups excluding carboxylic acids is 1. The monoisotopic (exact) mass is 260 g/mol. The molecule has 0 unspecified atom stereocenters. The number of allylic oxidation sites excluding steroid dienone is 4. The molecule has 0 amide bonds. The van der Waals surface area contributed by atoms with Crippen LogP contribution in [0.4, 0.5) is 0 Å². The van der Waals surface area contributed by atoms with Crippen LogP contribution in [-0.2, 0) is 4.79 Å². The van der Waals surface area contributed by atoms with Gasteiger partial charge in [-0.3, -0.25) is 4.79 Å². The maximum Gasteiger partial charge on any atom is 0.146 e. The van der Waals surface area contributed by atoms with E-state index in [0.717, 1.165) is 30.6 Å². The molecule has 1 nitrogen and oxygen atoms in total. The SMILES string of the molecule is C/C=C\C(CC1(C2CCC2)CCCC1)=C(\C=O)CC. The van der Waals surface area contributed by atoms with Gasteiger partial charge in [0.15, 0.2) is 0 Å². The Bertz CT molecular complexity index is 365. The van der Waals surface area contributed by atoms with Crippen LogP contribution in [0, 0.1) is 11.3 Å². The lowest BCUT2D eigenvalue weighted by Gasteiger charge is -2.44. The largest absolute Gasteiger partial charge is 0.298 e. The van der Waals surface area contributed by atoms with E-state index >= 15 is 0 Å². The Labute approximate surface area is 118 Å². The predicted molar refractivity (Wildman–Crippen MR) is 81.1 cm³/mol. The summed E-state index contributed by atoms with van der Waals surface area (Å²) in [5, 5.41) is 0. The van der Waals surface area contributed by atoms with E-state index in [9.17, 15) is 4.79 Å². The Morgan fingerprint density at radius 2 is 1.84 bits per heavy atom. The van der Waals surface area contributed by atoms with Gasteiger partial charge in [0.2, 0.25) is 0 Å². The molecule has 0 aliphatic heterocycles. The van der Waals surface area contributed by atoms with Crippen LogP contribution in [0.15, 0.2) is 23.3 Å². The minimum absolute atomic E-state index is 0.524. The van der Waals surface area contributed by atoms with Crippen molar-refractivity contribution in [2.24, 2.45) is 11.3 Å². The van der Waals surface area contributed by atoms with E-state index in [1.807, 2.05) is 0 Å². The molecule has 2 aliphatic rings. The molecule has 19 heavy (non-hydrogen) atoms. The van der Waals surface area contributed by atoms with E-state index in [1.54, 1.807) is 0 Å². The zero-order valence-corrected chi connectivity index (χ0v) is 12.6. The van der Waals surface area contributed by atoms with Crippen LogP contribution < -0.4 is 0 Å². The van der Waals surface area contributed by atoms with Gasteiger partial charge < -0.3 is 0 Å². The molecule has 0 bridgehead atoms. The molecule has 0 aromatic rings. The summed E-state index contributed by atoms with van der Waals surface area (Å²) in [4.78, 5) is 11.3. The zero-order chi connectivity index (χ0) is 13.7. The Morgan fingerprint density at radius 1 is 1.16 bits per heavy atom. The molecule has 0 spiro atoms. The third-order valence-corrected chi connectivity index (χ3v) is 5.42. The second kappa shape index (κ2) is 6.54. The maximum absolute atomic E-state index is 11.3. The van der Waals surface area contributed by atoms with Crippen molar-refractivity contribution in [2.45, 2.75) is 71.6 Å². The normalized spacial score (nSPS) is 24.3. The first-order chi connectivity index (χ1) is 9.25. The lowest BCUT2D eigenvalue weighted by atomic mass is 9.61. The van der Waals surface area contributed by atoms with Crippen molar-refractivity contribution in [3.05, 3.63) is 23.3 Å². The number of rotatable bonds is 6. The maximum atomic E-state index is 11.3. The predicted octanol–water partition coefficient (Wildman–Crippen LogP) is 5.22. The molecule has 2 fully saturated rings. The van der Waals surface area contributed by atoms with Gasteiger partial charge in [-0.05, 0) is 67.9 Å². The fourth-order valence-electron chi connectivity index (χ4n) is 4.08. The van der Waals surface area contributed by atoms with Crippen LogP contribution in [0.25, 0.3) is 0 Å². The summed E-state index contributed by atoms with van der Waals surface area (Å²) in [5.74, 6) is 0.931. The Hall–Kier alpha value is -0.850. The lowest BCUT2D eigenvalue weighted by molar-refractivity contribution is -0.105. The highest BCUT2D eigenvalue weighted by molar-refractivity contribution is 5.75. The minimum atomic E-state index is 0.524. The fraction of sp³-hybridized carbons (Fsp3) is 0.722. The van der Waals surface area contributed by atoms with Gasteiger partial charge in [-0.15, -0.1) is 0 Å². The summed E-state index contributed by atoms with van der Waals surface area (Å²) in [6, 6.07) is 0. The Morgan fingerprint density at radius 3 is 2.26 bits per heavy atom. The van der Waals surface area contributed by atoms with Crippen LogP contribution in [-0.4, -0.2) is 6.29 Å². The summed E-state index contributed by atoms with van der Waals surface area (Å²) in [6.07, 6.45) is 17.2. The number of hydrogen-bond acceptors (Lipinski definition) is 1. The number of carbonyl (C=O) groups is 1. The molecular weight excluding hydrogens is 232 g/mol. The molecule has 1 heteroatoms. The molecule has 0 aromatic carbocycles. The molecule has 0 aromatic heterocycles. The van der Waals surface area contributed by atoms with Gasteiger partial charge in [-0.1, -0.05) is 38.3 Å². The van der Waals surface area contributed by atoms with Gasteiger partial charge in [-0.2, -0.15) is 0 Å². The summed E-state index contributed by atoms with van der Waals surface area (Å²) in [7, 11) is 0. The van der Waals surface area contributed by atoms with Crippen LogP contribution in [0.5, 0.6) is 0 Å². The first-order valence-electron chi connectivity index (χ1n) is 8.05. The molecule has 0 heterocycles. The minimum Gasteiger partial charge on any atom is -0.298 e. The van der Waals surface area contributed by atoms with Crippen LogP contribution in [0.3, 0.4) is 0 Å². The van der Waals surface area contributed by atoms with E-state index in [4.69, 9.17) is 0 Å². The van der Waals surface area contributed by atoms with Gasteiger partial charge in [-0.25, -0.2) is 0 Å². The molecule has 2 rings (SSSR count). The molecule has 2 aliphatic carbocycles. The number of aldehydes is 1. The van der Waals surface area contributed by atoms with Crippen LogP contribution in [0.1, 0.15) is 71.6 Å². The van der Waals surface area contributed by atoms with Gasteiger partial charge in [0.05, 0.1) is 0 Å². The van der Waals surface area contributed by atoms with E-state index in [2.05, 4.69) is 26.0 Å². The summed E-state index contributed by atoms with van der Waals surface area (Å²) < 4.78 is 0. The third kappa shape index (κ3) is 3.01. The summed E-state index contributed by atoms with van der Waals surface area (Å²) >= 11 is 0. The van der Waals surface area contributed by atoms with Crippen molar-refractivity contribution in [1.29, 1.82) is 0 Å². The van der Waals surface area contributed by atoms with Gasteiger partial charge >= 0.3 is 0 Å². The van der Waals surface area contributed by atoms with Gasteiger partial charge in [0, 0.05) is 0 Å². The molecular formula is C18H28O. The molecule has 0 saturated heterocycles. The quantitative estimate of drug-likeness (QED) is 0.363. The van der Waals surface area contributed by atoms with Crippen LogP contribution in [0.2, 0.25) is 0 Å². The van der Waals surface area contributed by atoms with Gasteiger partial charge in [0.25, 0.3) is 0 Å². The zero-order valence-electron chi connectivity index (χ0n) is 12.6. The van der Waals surface area contributed by atoms with Crippen molar-refractivity contribution in [3.8, 4) is 0 Å². The average Bonchev–Trinajstić information content (AvgIpc) is 2.77. The van der Waals surface area contributed by atoms with Crippen molar-refractivity contribution in [1.82, 2.24) is 0 Å². The lowest BCUT2D eigenvalue weighted by Crippen LogP contribution is -2.33. The molecule has 2 saturated carbocycles. The first kappa shape index (κ1) is 14.6. The Balaban J connectivity index is 2.22. The second-order valence-corrected chi connectivity index (χ2v) is 6.40. The number of hydrogen-bond donors (Lipinski definition) is 0. The molecule has 0 radical (unpaired) electrons. The topological polar surface area (TPSA) is 17.1 Å². The fourth-order valence-corrected chi connectivity index (χ4v) is 4.08.